The number of aromatic nitrogens is 1. The van der Waals surface area contributed by atoms with Crippen LogP contribution in [0.15, 0.2) is 23.6 Å². The van der Waals surface area contributed by atoms with E-state index in [1.807, 2.05) is 0 Å². The van der Waals surface area contributed by atoms with Crippen molar-refractivity contribution in [3.63, 3.8) is 0 Å². The summed E-state index contributed by atoms with van der Waals surface area (Å²) in [6, 6.07) is 4.63. The third-order valence-corrected chi connectivity index (χ3v) is 3.26. The second kappa shape index (κ2) is 5.66. The third-order valence-electron chi connectivity index (χ3n) is 2.54. The highest BCUT2D eigenvalue weighted by atomic mass is 32.1. The fourth-order valence-electron chi connectivity index (χ4n) is 1.66. The Kier molecular flexibility index (Phi) is 3.94. The predicted molar refractivity (Wildman–Crippen MR) is 76.7 cm³/mol. The van der Waals surface area contributed by atoms with Gasteiger partial charge in [0.05, 0.1) is 17.0 Å². The van der Waals surface area contributed by atoms with E-state index in [4.69, 9.17) is 5.73 Å². The Balaban J connectivity index is 2.13. The molecule has 0 aliphatic heterocycles. The van der Waals surface area contributed by atoms with Gasteiger partial charge in [-0.3, -0.25) is 14.9 Å². The van der Waals surface area contributed by atoms with Gasteiger partial charge in [-0.05, 0) is 18.6 Å². The van der Waals surface area contributed by atoms with Crippen molar-refractivity contribution < 1.29 is 9.72 Å². The number of thiazole rings is 1. The van der Waals surface area contributed by atoms with E-state index in [0.717, 1.165) is 5.56 Å². The van der Waals surface area contributed by atoms with Crippen LogP contribution in [0, 0.1) is 17.0 Å². The van der Waals surface area contributed by atoms with Gasteiger partial charge in [0, 0.05) is 11.4 Å². The molecule has 0 aliphatic rings. The van der Waals surface area contributed by atoms with Gasteiger partial charge in [-0.25, -0.2) is 4.98 Å². The molecule has 0 radical (unpaired) electrons. The van der Waals surface area contributed by atoms with Crippen molar-refractivity contribution in [3.05, 3.63) is 45.0 Å². The Morgan fingerprint density at radius 1 is 1.55 bits per heavy atom. The first kappa shape index (κ1) is 13.9. The van der Waals surface area contributed by atoms with Crippen molar-refractivity contribution in [2.24, 2.45) is 0 Å². The number of benzene rings is 1. The van der Waals surface area contributed by atoms with E-state index in [2.05, 4.69) is 10.3 Å². The number of nitrogens with zero attached hydrogens (tertiary/aromatic N) is 2. The van der Waals surface area contributed by atoms with E-state index >= 15 is 0 Å². The molecule has 1 aromatic carbocycles. The lowest BCUT2D eigenvalue weighted by Crippen LogP contribution is -2.15. The smallest absolute Gasteiger partial charge is 0.293 e. The van der Waals surface area contributed by atoms with Crippen LogP contribution >= 0.6 is 11.3 Å². The maximum Gasteiger partial charge on any atom is 0.293 e. The SMILES string of the molecule is Cc1ccc(NC(=O)Cc2csc(N)n2)c([N+](=O)[O-])c1. The van der Waals surface area contributed by atoms with Crippen molar-refractivity contribution in [2.45, 2.75) is 13.3 Å². The molecule has 104 valence electrons. The lowest BCUT2D eigenvalue weighted by molar-refractivity contribution is -0.384. The molecule has 0 bridgehead atoms. The zero-order valence-corrected chi connectivity index (χ0v) is 11.4. The maximum absolute atomic E-state index is 11.8. The molecule has 1 heterocycles. The van der Waals surface area contributed by atoms with Crippen LogP contribution in [0.1, 0.15) is 11.3 Å². The Hall–Kier alpha value is -2.48. The molecule has 20 heavy (non-hydrogen) atoms. The highest BCUT2D eigenvalue weighted by Crippen LogP contribution is 2.25. The molecule has 2 rings (SSSR count). The normalized spacial score (nSPS) is 10.2. The molecule has 1 aromatic heterocycles. The van der Waals surface area contributed by atoms with Gasteiger partial charge in [0.15, 0.2) is 5.13 Å². The van der Waals surface area contributed by atoms with Crippen molar-refractivity contribution >= 4 is 33.8 Å². The van der Waals surface area contributed by atoms with E-state index in [-0.39, 0.29) is 23.7 Å². The number of carbonyl (C=O) groups excluding carboxylic acids is 1. The molecule has 2 aromatic rings. The van der Waals surface area contributed by atoms with Gasteiger partial charge in [0.1, 0.15) is 5.69 Å². The van der Waals surface area contributed by atoms with Gasteiger partial charge in [-0.1, -0.05) is 6.07 Å². The summed E-state index contributed by atoms with van der Waals surface area (Å²) in [7, 11) is 0. The van der Waals surface area contributed by atoms with Crippen LogP contribution in [0.5, 0.6) is 0 Å². The highest BCUT2D eigenvalue weighted by Gasteiger charge is 2.16. The lowest BCUT2D eigenvalue weighted by atomic mass is 10.2. The number of hydrogen-bond acceptors (Lipinski definition) is 6. The molecule has 0 aliphatic carbocycles. The van der Waals surface area contributed by atoms with E-state index in [1.165, 1.54) is 23.5 Å². The Morgan fingerprint density at radius 2 is 2.30 bits per heavy atom. The van der Waals surface area contributed by atoms with Crippen LogP contribution < -0.4 is 11.1 Å². The first-order chi connectivity index (χ1) is 9.45. The maximum atomic E-state index is 11.8. The number of aryl methyl sites for hydroxylation is 1. The van der Waals surface area contributed by atoms with Crippen molar-refractivity contribution in [3.8, 4) is 0 Å². The largest absolute Gasteiger partial charge is 0.375 e. The summed E-state index contributed by atoms with van der Waals surface area (Å²) in [5, 5.41) is 15.5. The van der Waals surface area contributed by atoms with Gasteiger partial charge in [-0.15, -0.1) is 11.3 Å². The number of nitrogens with one attached hydrogen (secondary N) is 1. The molecule has 0 spiro atoms. The number of nitrogens with two attached hydrogens (primary N) is 1. The molecule has 0 atom stereocenters. The molecule has 3 N–H and O–H groups in total. The number of nitro benzene ring substituents is 1. The monoisotopic (exact) mass is 292 g/mol. The minimum absolute atomic E-state index is 0.0265. The van der Waals surface area contributed by atoms with E-state index in [1.54, 1.807) is 18.4 Å². The minimum Gasteiger partial charge on any atom is -0.375 e. The average Bonchev–Trinajstić information content (AvgIpc) is 2.76. The Morgan fingerprint density at radius 3 is 2.90 bits per heavy atom. The van der Waals surface area contributed by atoms with Gasteiger partial charge in [0.25, 0.3) is 5.69 Å². The molecule has 0 saturated heterocycles. The zero-order chi connectivity index (χ0) is 14.7. The molecule has 1 amide bonds. The zero-order valence-electron chi connectivity index (χ0n) is 10.6. The van der Waals surface area contributed by atoms with Gasteiger partial charge >= 0.3 is 0 Å². The predicted octanol–water partition coefficient (Wildman–Crippen LogP) is 2.12. The second-order valence-corrected chi connectivity index (χ2v) is 5.07. The number of anilines is 2. The van der Waals surface area contributed by atoms with Crippen LogP contribution in [-0.4, -0.2) is 15.8 Å². The molecule has 8 heteroatoms. The fraction of sp³-hybridized carbons (Fsp3) is 0.167. The van der Waals surface area contributed by atoms with E-state index in [0.29, 0.717) is 10.8 Å². The number of nitro groups is 1. The summed E-state index contributed by atoms with van der Waals surface area (Å²) in [6.07, 6.45) is 0.0265. The van der Waals surface area contributed by atoms with Crippen molar-refractivity contribution in [1.29, 1.82) is 0 Å². The summed E-state index contributed by atoms with van der Waals surface area (Å²) in [5.41, 5.74) is 6.81. The summed E-state index contributed by atoms with van der Waals surface area (Å²) in [6.45, 7) is 1.75. The van der Waals surface area contributed by atoms with Gasteiger partial charge in [-0.2, -0.15) is 0 Å². The standard InChI is InChI=1S/C12H12N4O3S/c1-7-2-3-9(10(4-7)16(18)19)15-11(17)5-8-6-20-12(13)14-8/h2-4,6H,5H2,1H3,(H2,13,14)(H,15,17). The van der Waals surface area contributed by atoms with Crippen LogP contribution in [-0.2, 0) is 11.2 Å². The number of hydrogen-bond donors (Lipinski definition) is 2. The minimum atomic E-state index is -0.524. The number of carbonyl (C=O) groups is 1. The van der Waals surface area contributed by atoms with E-state index in [9.17, 15) is 14.9 Å². The lowest BCUT2D eigenvalue weighted by Gasteiger charge is -2.05. The summed E-state index contributed by atoms with van der Waals surface area (Å²) >= 11 is 1.24. The van der Waals surface area contributed by atoms with Gasteiger partial charge < -0.3 is 11.1 Å². The van der Waals surface area contributed by atoms with Crippen molar-refractivity contribution in [1.82, 2.24) is 4.98 Å². The van der Waals surface area contributed by atoms with Crippen molar-refractivity contribution in [2.75, 3.05) is 11.1 Å². The third kappa shape index (κ3) is 3.29. The fourth-order valence-corrected chi connectivity index (χ4v) is 2.22. The van der Waals surface area contributed by atoms with Gasteiger partial charge in [0.2, 0.25) is 5.91 Å². The summed E-state index contributed by atoms with van der Waals surface area (Å²) in [5.74, 6) is -0.373. The second-order valence-electron chi connectivity index (χ2n) is 4.18. The van der Waals surface area contributed by atoms with E-state index < -0.39 is 4.92 Å². The highest BCUT2D eigenvalue weighted by molar-refractivity contribution is 7.13. The van der Waals surface area contributed by atoms with Crippen LogP contribution in [0.3, 0.4) is 0 Å². The van der Waals surface area contributed by atoms with Crippen LogP contribution in [0.2, 0.25) is 0 Å². The molecule has 0 saturated carbocycles. The first-order valence-electron chi connectivity index (χ1n) is 5.70. The first-order valence-corrected chi connectivity index (χ1v) is 6.58. The summed E-state index contributed by atoms with van der Waals surface area (Å²) in [4.78, 5) is 26.2. The Bertz CT molecular complexity index is 668. The van der Waals surface area contributed by atoms with Crippen LogP contribution in [0.25, 0.3) is 0 Å². The molecule has 0 fully saturated rings. The number of amides is 1. The average molecular weight is 292 g/mol. The molecule has 0 unspecified atom stereocenters. The topological polar surface area (TPSA) is 111 Å². The number of nitrogen functional groups attached to an aromatic ring is 1. The number of rotatable bonds is 4. The quantitative estimate of drug-likeness (QED) is 0.662. The summed E-state index contributed by atoms with van der Waals surface area (Å²) < 4.78 is 0. The van der Waals surface area contributed by atoms with Crippen LogP contribution in [0.4, 0.5) is 16.5 Å². The molecular weight excluding hydrogens is 280 g/mol. The molecule has 7 nitrogen and oxygen atoms in total. The molecular formula is C12H12N4O3S. The Labute approximate surface area is 118 Å².